The van der Waals surface area contributed by atoms with E-state index in [1.807, 2.05) is 0 Å². The molecular formula is C112H119BN4. The lowest BCUT2D eigenvalue weighted by atomic mass is 9.33. The Bertz CT molecular complexity index is 6250. The van der Waals surface area contributed by atoms with Crippen LogP contribution in [0.2, 0.25) is 0 Å². The predicted molar refractivity (Wildman–Crippen MR) is 509 cm³/mol. The first-order valence-electron chi connectivity index (χ1n) is 43.1. The summed E-state index contributed by atoms with van der Waals surface area (Å²) in [6, 6.07) is 105. The normalized spacial score (nSPS) is 13.5. The molecule has 4 heterocycles. The molecule has 2 aromatic heterocycles. The Kier molecular flexibility index (Phi) is 19.5. The summed E-state index contributed by atoms with van der Waals surface area (Å²) in [5.41, 5.74) is 37.1. The maximum atomic E-state index is 2.77. The summed E-state index contributed by atoms with van der Waals surface area (Å²) in [6.45, 7) is 49.7. The van der Waals surface area contributed by atoms with E-state index in [1.165, 1.54) is 166 Å². The number of fused-ring (bicyclic) bond motifs is 10. The van der Waals surface area contributed by atoms with E-state index in [1.54, 1.807) is 0 Å². The maximum Gasteiger partial charge on any atom is 0.252 e. The number of anilines is 6. The van der Waals surface area contributed by atoms with Crippen LogP contribution in [0.4, 0.5) is 34.1 Å². The second-order valence-corrected chi connectivity index (χ2v) is 42.8. The van der Waals surface area contributed by atoms with Gasteiger partial charge in [0.15, 0.2) is 0 Å². The Morgan fingerprint density at radius 2 is 0.547 bits per heavy atom. The van der Waals surface area contributed by atoms with Gasteiger partial charge in [0.25, 0.3) is 6.71 Å². The van der Waals surface area contributed by atoms with Gasteiger partial charge in [-0.1, -0.05) is 303 Å². The highest BCUT2D eigenvalue weighted by molar-refractivity contribution is 7.00. The van der Waals surface area contributed by atoms with Gasteiger partial charge in [0.1, 0.15) is 0 Å². The molecule has 4 nitrogen and oxygen atoms in total. The van der Waals surface area contributed by atoms with Crippen molar-refractivity contribution in [2.45, 2.75) is 189 Å². The van der Waals surface area contributed by atoms with Gasteiger partial charge in [-0.25, -0.2) is 0 Å². The SMILES string of the molecule is CC(C)(C)Cc1cc2c3c(c1)N(c1cc(-c4ccccc4)c(CC(C)(C)C)cc1-c1ccccc1)c1cc(-n4c5ccc(CC(C)(C)C)cc5c5cc(C(C)(C)C)ccc54)ccc1B3c1ccc(-n3c4ccc(CC(C)(C)C)cc4c4cc(CC(C)(C)C)ccc43)cc1N2c1cc(-c2ccccc2)c(CC(C)(C)C)cc1-c1ccccc1. The van der Waals surface area contributed by atoms with E-state index in [9.17, 15) is 0 Å². The van der Waals surface area contributed by atoms with Crippen molar-refractivity contribution in [2.75, 3.05) is 9.80 Å². The lowest BCUT2D eigenvalue weighted by molar-refractivity contribution is 0.411. The molecule has 0 N–H and O–H groups in total. The molecule has 0 spiro atoms. The average Bonchev–Trinajstić information content (AvgIpc) is 1.38. The molecule has 0 saturated carbocycles. The van der Waals surface area contributed by atoms with Crippen molar-refractivity contribution in [2.24, 2.45) is 32.5 Å². The van der Waals surface area contributed by atoms with Gasteiger partial charge in [0.2, 0.25) is 0 Å². The van der Waals surface area contributed by atoms with Gasteiger partial charge >= 0.3 is 0 Å². The van der Waals surface area contributed by atoms with Crippen molar-refractivity contribution in [1.29, 1.82) is 0 Å². The zero-order valence-corrected chi connectivity index (χ0v) is 73.5. The Morgan fingerprint density at radius 1 is 0.239 bits per heavy atom. The van der Waals surface area contributed by atoms with Gasteiger partial charge in [-0.15, -0.1) is 0 Å². The fourth-order valence-corrected chi connectivity index (χ4v) is 19.5. The molecule has 0 unspecified atom stereocenters. The molecule has 0 bridgehead atoms. The first kappa shape index (κ1) is 78.6. The zero-order chi connectivity index (χ0) is 82.4. The van der Waals surface area contributed by atoms with E-state index < -0.39 is 0 Å². The maximum absolute atomic E-state index is 2.77. The van der Waals surface area contributed by atoms with Gasteiger partial charge < -0.3 is 18.9 Å². The van der Waals surface area contributed by atoms with Crippen molar-refractivity contribution in [3.05, 3.63) is 306 Å². The molecule has 13 aromatic carbocycles. The van der Waals surface area contributed by atoms with Gasteiger partial charge in [-0.2, -0.15) is 0 Å². The second kappa shape index (κ2) is 29.0. The lowest BCUT2D eigenvalue weighted by Crippen LogP contribution is -2.61. The van der Waals surface area contributed by atoms with E-state index >= 15 is 0 Å². The highest BCUT2D eigenvalue weighted by Gasteiger charge is 2.46. The minimum atomic E-state index is -0.229. The third-order valence-corrected chi connectivity index (χ3v) is 23.8. The van der Waals surface area contributed by atoms with E-state index in [0.717, 1.165) is 61.3 Å². The minimum absolute atomic E-state index is 0.0177. The molecule has 0 fully saturated rings. The van der Waals surface area contributed by atoms with Crippen molar-refractivity contribution in [3.8, 4) is 55.9 Å². The van der Waals surface area contributed by atoms with Crippen molar-refractivity contribution in [1.82, 2.24) is 9.13 Å². The number of aromatic nitrogens is 2. The number of hydrogen-bond donors (Lipinski definition) is 0. The molecule has 0 atom stereocenters. The van der Waals surface area contributed by atoms with Crippen LogP contribution in [-0.4, -0.2) is 15.8 Å². The molecule has 15 aromatic rings. The number of benzene rings is 13. The fourth-order valence-electron chi connectivity index (χ4n) is 19.5. The molecule has 5 heteroatoms. The first-order valence-corrected chi connectivity index (χ1v) is 43.1. The van der Waals surface area contributed by atoms with Crippen LogP contribution in [0.5, 0.6) is 0 Å². The molecule has 590 valence electrons. The van der Waals surface area contributed by atoms with Crippen LogP contribution < -0.4 is 26.2 Å². The Hall–Kier alpha value is -10.9. The second-order valence-electron chi connectivity index (χ2n) is 42.8. The molecule has 0 aliphatic carbocycles. The van der Waals surface area contributed by atoms with Crippen LogP contribution in [0.3, 0.4) is 0 Å². The van der Waals surface area contributed by atoms with Crippen LogP contribution in [0.25, 0.3) is 99.5 Å². The van der Waals surface area contributed by atoms with Crippen LogP contribution in [0.15, 0.2) is 267 Å². The van der Waals surface area contributed by atoms with Crippen LogP contribution in [-0.2, 0) is 43.9 Å². The van der Waals surface area contributed by atoms with Crippen LogP contribution in [0, 0.1) is 32.5 Å². The molecular weight excluding hydrogens is 1410 g/mol. The summed E-state index contributed by atoms with van der Waals surface area (Å²) >= 11 is 0. The Labute approximate surface area is 698 Å². The van der Waals surface area contributed by atoms with Gasteiger partial charge in [-0.3, -0.25) is 0 Å². The van der Waals surface area contributed by atoms with Crippen molar-refractivity contribution >= 4 is 101 Å². The number of rotatable bonds is 14. The summed E-state index contributed by atoms with van der Waals surface area (Å²) in [7, 11) is 0. The average molecular weight is 1530 g/mol. The van der Waals surface area contributed by atoms with Gasteiger partial charge in [-0.05, 0) is 274 Å². The van der Waals surface area contributed by atoms with Crippen LogP contribution >= 0.6 is 0 Å². The third-order valence-electron chi connectivity index (χ3n) is 23.8. The molecule has 0 radical (unpaired) electrons. The van der Waals surface area contributed by atoms with Crippen molar-refractivity contribution in [3.63, 3.8) is 0 Å². The molecule has 0 saturated heterocycles. The van der Waals surface area contributed by atoms with Gasteiger partial charge in [0.05, 0.1) is 33.4 Å². The summed E-state index contributed by atoms with van der Waals surface area (Å²) in [6.07, 6.45) is 5.55. The summed E-state index contributed by atoms with van der Waals surface area (Å²) in [5, 5.41) is 5.16. The molecule has 117 heavy (non-hydrogen) atoms. The summed E-state index contributed by atoms with van der Waals surface area (Å²) in [4.78, 5) is 5.53. The molecule has 0 amide bonds. The predicted octanol–water partition coefficient (Wildman–Crippen LogP) is 29.5. The summed E-state index contributed by atoms with van der Waals surface area (Å²) < 4.78 is 5.20. The Balaban J connectivity index is 1.04. The minimum Gasteiger partial charge on any atom is -0.311 e. The number of hydrogen-bond acceptors (Lipinski definition) is 2. The zero-order valence-electron chi connectivity index (χ0n) is 73.5. The topological polar surface area (TPSA) is 16.3 Å². The van der Waals surface area contributed by atoms with E-state index in [2.05, 4.69) is 431 Å². The molecule has 2 aliphatic rings. The monoisotopic (exact) mass is 1530 g/mol. The Morgan fingerprint density at radius 3 is 0.872 bits per heavy atom. The largest absolute Gasteiger partial charge is 0.311 e. The molecule has 17 rings (SSSR count). The quantitative estimate of drug-likeness (QED) is 0.101. The lowest BCUT2D eigenvalue weighted by Gasteiger charge is -2.46. The fraction of sp³-hybridized carbons (Fsp3) is 0.304. The number of nitrogens with zero attached hydrogens (tertiary/aromatic N) is 4. The van der Waals surface area contributed by atoms with Gasteiger partial charge in [0, 0.05) is 66.8 Å². The van der Waals surface area contributed by atoms with Crippen molar-refractivity contribution < 1.29 is 0 Å². The molecule has 2 aliphatic heterocycles. The first-order chi connectivity index (χ1) is 55.3. The highest BCUT2D eigenvalue weighted by atomic mass is 15.2. The van der Waals surface area contributed by atoms with E-state index in [4.69, 9.17) is 0 Å². The van der Waals surface area contributed by atoms with E-state index in [-0.39, 0.29) is 44.6 Å². The van der Waals surface area contributed by atoms with Crippen LogP contribution in [0.1, 0.15) is 184 Å². The smallest absolute Gasteiger partial charge is 0.252 e. The summed E-state index contributed by atoms with van der Waals surface area (Å²) in [5.74, 6) is 0. The third kappa shape index (κ3) is 15.7. The van der Waals surface area contributed by atoms with E-state index in [0.29, 0.717) is 0 Å². The highest BCUT2D eigenvalue weighted by Crippen LogP contribution is 2.54. The standard InChI is InChI=1S/C112H119BN4/c1-106(2,3)66-72-42-50-95-89(54-72)90-55-73(67-107(4,5)6)43-51-96(90)114(95)83-46-48-93-101(62-83)116(99-64-85(76-34-26-22-27-35-76)80(70-110(13,14)15)59-87(99)78-38-30-24-31-39-78)103-57-75(69-109(10,11)12)58-104-105(103)113(93)94-49-47-84(115-97-52-44-74(68-108(7,8)9)56-91(97)92-61-82(112(19,20)21)45-53-98(92)115)63-102(94)117(104)100-65-86(77-36-28-23-29-37-77)81(71-111(16,17)18)60-88(100)79-40-32-25-33-41-79/h22-65H,66-71H2,1-21H3.